The maximum absolute atomic E-state index is 14.2. The average molecular weight is 425 g/mol. The first-order chi connectivity index (χ1) is 14.9. The fourth-order valence-corrected chi connectivity index (χ4v) is 4.40. The first-order valence-electron chi connectivity index (χ1n) is 11.0. The molecule has 0 radical (unpaired) electrons. The molecule has 164 valence electrons. The van der Waals surface area contributed by atoms with Crippen LogP contribution >= 0.6 is 0 Å². The molecule has 31 heavy (non-hydrogen) atoms. The summed E-state index contributed by atoms with van der Waals surface area (Å²) in [6, 6.07) is 7.74. The zero-order valence-electron chi connectivity index (χ0n) is 18.2. The molecule has 0 aliphatic carbocycles. The number of nitrogens with one attached hydrogen (secondary N) is 1. The molecule has 1 fully saturated rings. The van der Waals surface area contributed by atoms with Crippen LogP contribution in [0.3, 0.4) is 0 Å². The predicted octanol–water partition coefficient (Wildman–Crippen LogP) is 3.66. The van der Waals surface area contributed by atoms with Gasteiger partial charge in [-0.1, -0.05) is 6.92 Å². The summed E-state index contributed by atoms with van der Waals surface area (Å²) >= 11 is 0. The van der Waals surface area contributed by atoms with Gasteiger partial charge in [-0.3, -0.25) is 9.59 Å². The SMILES string of the molecule is CCNCc1cc(N2CCCc3cc(C(=O)N4CCC(C)(F)C4)cnc32)ccc1C=O. The van der Waals surface area contributed by atoms with Gasteiger partial charge in [0.1, 0.15) is 17.8 Å². The van der Waals surface area contributed by atoms with Crippen molar-refractivity contribution in [2.75, 3.05) is 31.1 Å². The van der Waals surface area contributed by atoms with Crippen molar-refractivity contribution in [3.05, 3.63) is 52.7 Å². The van der Waals surface area contributed by atoms with Crippen molar-refractivity contribution >= 4 is 23.7 Å². The number of hydrogen-bond acceptors (Lipinski definition) is 5. The minimum Gasteiger partial charge on any atom is -0.335 e. The lowest BCUT2D eigenvalue weighted by Crippen LogP contribution is -2.32. The van der Waals surface area contributed by atoms with Crippen LogP contribution in [0.25, 0.3) is 0 Å². The summed E-state index contributed by atoms with van der Waals surface area (Å²) in [6.07, 6.45) is 4.65. The molecular weight excluding hydrogens is 395 g/mol. The minimum absolute atomic E-state index is 0.132. The number of hydrogen-bond donors (Lipinski definition) is 1. The van der Waals surface area contributed by atoms with Crippen LogP contribution < -0.4 is 10.2 Å². The fourth-order valence-electron chi connectivity index (χ4n) is 4.40. The van der Waals surface area contributed by atoms with Crippen LogP contribution in [0, 0.1) is 0 Å². The van der Waals surface area contributed by atoms with E-state index in [0.717, 1.165) is 54.8 Å². The third-order valence-corrected chi connectivity index (χ3v) is 6.11. The molecule has 1 N–H and O–H groups in total. The quantitative estimate of drug-likeness (QED) is 0.717. The number of benzene rings is 1. The van der Waals surface area contributed by atoms with Gasteiger partial charge in [0, 0.05) is 43.5 Å². The van der Waals surface area contributed by atoms with Crippen LogP contribution in [-0.4, -0.2) is 53.9 Å². The number of pyridine rings is 1. The van der Waals surface area contributed by atoms with Crippen molar-refractivity contribution in [1.82, 2.24) is 15.2 Å². The molecule has 0 saturated carbocycles. The summed E-state index contributed by atoms with van der Waals surface area (Å²) in [5.41, 5.74) is 2.85. The molecule has 6 nitrogen and oxygen atoms in total. The molecule has 0 spiro atoms. The molecular formula is C24H29FN4O2. The van der Waals surface area contributed by atoms with E-state index in [1.165, 1.54) is 0 Å². The van der Waals surface area contributed by atoms with Gasteiger partial charge in [0.05, 0.1) is 12.1 Å². The number of carbonyl (C=O) groups excluding carboxylic acids is 2. The Hall–Kier alpha value is -2.80. The van der Waals surface area contributed by atoms with E-state index in [1.54, 1.807) is 18.0 Å². The van der Waals surface area contributed by atoms with Crippen LogP contribution in [-0.2, 0) is 13.0 Å². The van der Waals surface area contributed by atoms with Gasteiger partial charge in [-0.05, 0) is 61.7 Å². The zero-order valence-corrected chi connectivity index (χ0v) is 18.2. The van der Waals surface area contributed by atoms with E-state index in [2.05, 4.69) is 15.2 Å². The molecule has 7 heteroatoms. The number of likely N-dealkylation sites (tertiary alicyclic amines) is 1. The summed E-state index contributed by atoms with van der Waals surface area (Å²) in [7, 11) is 0. The van der Waals surface area contributed by atoms with Crippen LogP contribution in [0.15, 0.2) is 30.5 Å². The second-order valence-corrected chi connectivity index (χ2v) is 8.63. The fraction of sp³-hybridized carbons (Fsp3) is 0.458. The molecule has 3 heterocycles. The van der Waals surface area contributed by atoms with Gasteiger partial charge in [-0.25, -0.2) is 9.37 Å². The van der Waals surface area contributed by atoms with Crippen molar-refractivity contribution in [2.24, 2.45) is 0 Å². The van der Waals surface area contributed by atoms with E-state index in [9.17, 15) is 14.0 Å². The van der Waals surface area contributed by atoms with Gasteiger partial charge in [0.25, 0.3) is 5.91 Å². The molecule has 1 saturated heterocycles. The maximum Gasteiger partial charge on any atom is 0.255 e. The van der Waals surface area contributed by atoms with E-state index in [4.69, 9.17) is 0 Å². The van der Waals surface area contributed by atoms with Crippen LogP contribution in [0.1, 0.15) is 58.5 Å². The molecule has 1 amide bonds. The number of aldehydes is 1. The predicted molar refractivity (Wildman–Crippen MR) is 119 cm³/mol. The number of halogens is 1. The minimum atomic E-state index is -1.31. The highest BCUT2D eigenvalue weighted by Gasteiger charge is 2.36. The standard InChI is InChI=1S/C24H29FN4O2/c1-3-26-13-19-12-21(7-6-18(19)15-30)29-9-4-5-17-11-20(14-27-22(17)29)23(31)28-10-8-24(2,25)16-28/h6-7,11-12,14-15,26H,3-5,8-10,13,16H2,1-2H3. The van der Waals surface area contributed by atoms with Crippen LogP contribution in [0.4, 0.5) is 15.9 Å². The monoisotopic (exact) mass is 424 g/mol. The summed E-state index contributed by atoms with van der Waals surface area (Å²) in [5, 5.41) is 3.28. The number of nitrogens with zero attached hydrogens (tertiary/aromatic N) is 3. The maximum atomic E-state index is 14.2. The van der Waals surface area contributed by atoms with Gasteiger partial charge in [-0.15, -0.1) is 0 Å². The van der Waals surface area contributed by atoms with E-state index in [0.29, 0.717) is 30.6 Å². The Balaban J connectivity index is 1.60. The molecule has 0 bridgehead atoms. The second-order valence-electron chi connectivity index (χ2n) is 8.63. The van der Waals surface area contributed by atoms with Gasteiger partial charge in [-0.2, -0.15) is 0 Å². The number of alkyl halides is 1. The normalized spacial score (nSPS) is 20.6. The molecule has 1 atom stereocenters. The number of anilines is 2. The van der Waals surface area contributed by atoms with E-state index in [-0.39, 0.29) is 12.5 Å². The lowest BCUT2D eigenvalue weighted by Gasteiger charge is -2.31. The largest absolute Gasteiger partial charge is 0.335 e. The Bertz CT molecular complexity index is 992. The summed E-state index contributed by atoms with van der Waals surface area (Å²) in [6.45, 7) is 6.42. The number of aromatic nitrogens is 1. The first kappa shape index (κ1) is 21.4. The first-order valence-corrected chi connectivity index (χ1v) is 11.0. The summed E-state index contributed by atoms with van der Waals surface area (Å²) < 4.78 is 14.2. The van der Waals surface area contributed by atoms with E-state index >= 15 is 0 Å². The lowest BCUT2D eigenvalue weighted by atomic mass is 10.0. The molecule has 1 aromatic carbocycles. The second kappa shape index (κ2) is 8.75. The Labute approximate surface area is 182 Å². The number of carbonyl (C=O) groups is 2. The Morgan fingerprint density at radius 3 is 2.87 bits per heavy atom. The van der Waals surface area contributed by atoms with Crippen molar-refractivity contribution in [3.8, 4) is 0 Å². The van der Waals surface area contributed by atoms with Crippen LogP contribution in [0.2, 0.25) is 0 Å². The Kier molecular flexibility index (Phi) is 6.05. The van der Waals surface area contributed by atoms with Crippen molar-refractivity contribution < 1.29 is 14.0 Å². The third-order valence-electron chi connectivity index (χ3n) is 6.11. The third kappa shape index (κ3) is 4.46. The molecule has 1 unspecified atom stereocenters. The average Bonchev–Trinajstić information content (AvgIpc) is 3.15. The number of fused-ring (bicyclic) bond motifs is 1. The van der Waals surface area contributed by atoms with Crippen LogP contribution in [0.5, 0.6) is 0 Å². The highest BCUT2D eigenvalue weighted by atomic mass is 19.1. The van der Waals surface area contributed by atoms with Crippen molar-refractivity contribution in [2.45, 2.75) is 45.3 Å². The van der Waals surface area contributed by atoms with E-state index in [1.807, 2.05) is 31.2 Å². The lowest BCUT2D eigenvalue weighted by molar-refractivity contribution is 0.0760. The number of aryl methyl sites for hydroxylation is 1. The summed E-state index contributed by atoms with van der Waals surface area (Å²) in [5.74, 6) is 0.685. The number of amides is 1. The molecule has 2 aromatic rings. The van der Waals surface area contributed by atoms with Gasteiger partial charge >= 0.3 is 0 Å². The Morgan fingerprint density at radius 2 is 2.16 bits per heavy atom. The highest BCUT2D eigenvalue weighted by Crippen LogP contribution is 2.34. The van der Waals surface area contributed by atoms with Crippen molar-refractivity contribution in [3.63, 3.8) is 0 Å². The van der Waals surface area contributed by atoms with Gasteiger partial charge in [0.15, 0.2) is 0 Å². The van der Waals surface area contributed by atoms with Gasteiger partial charge in [0.2, 0.25) is 0 Å². The van der Waals surface area contributed by atoms with Crippen molar-refractivity contribution in [1.29, 1.82) is 0 Å². The molecule has 2 aliphatic rings. The topological polar surface area (TPSA) is 65.5 Å². The zero-order chi connectivity index (χ0) is 22.0. The molecule has 4 rings (SSSR count). The highest BCUT2D eigenvalue weighted by molar-refractivity contribution is 5.95. The molecule has 2 aliphatic heterocycles. The van der Waals surface area contributed by atoms with E-state index < -0.39 is 5.67 Å². The van der Waals surface area contributed by atoms with Gasteiger partial charge < -0.3 is 15.1 Å². The Morgan fingerprint density at radius 1 is 1.32 bits per heavy atom. The molecule has 1 aromatic heterocycles. The number of rotatable bonds is 6. The summed E-state index contributed by atoms with van der Waals surface area (Å²) in [4.78, 5) is 32.6. The smallest absolute Gasteiger partial charge is 0.255 e.